The first-order valence-corrected chi connectivity index (χ1v) is 15.0. The van der Waals surface area contributed by atoms with Crippen molar-refractivity contribution in [2.75, 3.05) is 48.5 Å². The fraction of sp³-hybridized carbons (Fsp3) is 0.286. The van der Waals surface area contributed by atoms with E-state index in [1.807, 2.05) is 54.3 Å². The number of rotatable bonds is 6. The van der Waals surface area contributed by atoms with Crippen LogP contribution in [0, 0.1) is 0 Å². The van der Waals surface area contributed by atoms with Crippen molar-refractivity contribution in [2.24, 2.45) is 0 Å². The summed E-state index contributed by atoms with van der Waals surface area (Å²) in [4.78, 5) is 22.2. The van der Waals surface area contributed by atoms with E-state index in [0.717, 1.165) is 32.3 Å². The number of hydrogen-bond donors (Lipinski definition) is 0. The van der Waals surface area contributed by atoms with Gasteiger partial charge in [0.1, 0.15) is 5.75 Å². The maximum Gasteiger partial charge on any atom is 0.264 e. The van der Waals surface area contributed by atoms with Crippen LogP contribution >= 0.6 is 11.3 Å². The summed E-state index contributed by atoms with van der Waals surface area (Å²) in [7, 11) is -3.69. The largest absolute Gasteiger partial charge is 0.494 e. The van der Waals surface area contributed by atoms with Crippen LogP contribution in [0.1, 0.15) is 22.8 Å². The molecule has 0 aliphatic carbocycles. The van der Waals surface area contributed by atoms with Crippen molar-refractivity contribution >= 4 is 48.3 Å². The number of nitrogens with zero attached hydrogens (tertiary/aromatic N) is 4. The van der Waals surface area contributed by atoms with E-state index in [0.29, 0.717) is 51.3 Å². The number of hydrogen-bond acceptors (Lipinski definition) is 7. The van der Waals surface area contributed by atoms with Gasteiger partial charge in [-0.1, -0.05) is 29.5 Å². The van der Waals surface area contributed by atoms with E-state index < -0.39 is 10.0 Å². The minimum Gasteiger partial charge on any atom is -0.494 e. The van der Waals surface area contributed by atoms with Crippen molar-refractivity contribution in [2.45, 2.75) is 18.2 Å². The molecule has 0 unspecified atom stereocenters. The summed E-state index contributed by atoms with van der Waals surface area (Å²) < 4.78 is 34.7. The second-order valence-electron chi connectivity index (χ2n) is 9.32. The Bertz CT molecular complexity index is 1590. The number of thiazole rings is 1. The lowest BCUT2D eigenvalue weighted by Crippen LogP contribution is -2.48. The molecule has 196 valence electrons. The predicted molar refractivity (Wildman–Crippen MR) is 150 cm³/mol. The number of carbonyl (C=O) groups excluding carboxylic acids is 1. The Morgan fingerprint density at radius 3 is 2.50 bits per heavy atom. The molecule has 1 amide bonds. The van der Waals surface area contributed by atoms with E-state index >= 15 is 0 Å². The monoisotopic (exact) mass is 548 g/mol. The minimum absolute atomic E-state index is 0.0919. The SMILES string of the molecule is CCOc1ccc2nc(N3CCN(C(=O)c4ccc(S(=O)(=O)N5CCc6ccccc65)cc4)CC3)sc2c1. The normalized spacial score (nSPS) is 15.7. The van der Waals surface area contributed by atoms with Gasteiger partial charge in [0, 0.05) is 38.3 Å². The third kappa shape index (κ3) is 4.48. The van der Waals surface area contributed by atoms with Crippen LogP contribution in [0.4, 0.5) is 10.8 Å². The molecule has 0 spiro atoms. The highest BCUT2D eigenvalue weighted by Gasteiger charge is 2.31. The van der Waals surface area contributed by atoms with Crippen LogP contribution in [0.2, 0.25) is 0 Å². The molecule has 2 aliphatic heterocycles. The van der Waals surface area contributed by atoms with E-state index in [4.69, 9.17) is 9.72 Å². The summed E-state index contributed by atoms with van der Waals surface area (Å²) >= 11 is 1.63. The number of anilines is 2. The van der Waals surface area contributed by atoms with Gasteiger partial charge in [0.25, 0.3) is 15.9 Å². The number of sulfonamides is 1. The summed E-state index contributed by atoms with van der Waals surface area (Å²) in [6, 6.07) is 19.8. The van der Waals surface area contributed by atoms with Crippen LogP contribution in [0.3, 0.4) is 0 Å². The van der Waals surface area contributed by atoms with Crippen LogP contribution in [0.25, 0.3) is 10.2 Å². The van der Waals surface area contributed by atoms with Gasteiger partial charge in [-0.05, 0) is 67.4 Å². The van der Waals surface area contributed by atoms with E-state index in [1.54, 1.807) is 23.5 Å². The third-order valence-corrected chi connectivity index (χ3v) is 9.94. The third-order valence-electron chi connectivity index (χ3n) is 7.03. The van der Waals surface area contributed by atoms with Crippen molar-refractivity contribution in [1.82, 2.24) is 9.88 Å². The maximum atomic E-state index is 13.3. The number of ether oxygens (including phenoxy) is 1. The Morgan fingerprint density at radius 1 is 0.974 bits per heavy atom. The Labute approximate surface area is 226 Å². The molecular formula is C28H28N4O4S2. The zero-order valence-electron chi connectivity index (χ0n) is 21.0. The quantitative estimate of drug-likeness (QED) is 0.355. The molecule has 0 radical (unpaired) electrons. The van der Waals surface area contributed by atoms with E-state index in [1.165, 1.54) is 16.4 Å². The van der Waals surface area contributed by atoms with E-state index in [9.17, 15) is 13.2 Å². The fourth-order valence-corrected chi connectivity index (χ4v) is 7.57. The summed E-state index contributed by atoms with van der Waals surface area (Å²) in [5.74, 6) is 0.750. The number of benzene rings is 3. The zero-order chi connectivity index (χ0) is 26.3. The summed E-state index contributed by atoms with van der Waals surface area (Å²) in [5.41, 5.74) is 3.19. The average Bonchev–Trinajstić information content (AvgIpc) is 3.58. The minimum atomic E-state index is -3.69. The van der Waals surface area contributed by atoms with Gasteiger partial charge < -0.3 is 14.5 Å². The lowest BCUT2D eigenvalue weighted by molar-refractivity contribution is 0.0746. The molecule has 3 aromatic carbocycles. The van der Waals surface area contributed by atoms with Crippen LogP contribution < -0.4 is 13.9 Å². The van der Waals surface area contributed by atoms with Crippen molar-refractivity contribution < 1.29 is 17.9 Å². The van der Waals surface area contributed by atoms with Gasteiger partial charge in [-0.25, -0.2) is 13.4 Å². The fourth-order valence-electron chi connectivity index (χ4n) is 5.02. The van der Waals surface area contributed by atoms with Gasteiger partial charge >= 0.3 is 0 Å². The van der Waals surface area contributed by atoms with Crippen LogP contribution in [-0.2, 0) is 16.4 Å². The number of fused-ring (bicyclic) bond motifs is 2. The van der Waals surface area contributed by atoms with Crippen molar-refractivity contribution in [1.29, 1.82) is 0 Å². The molecule has 0 N–H and O–H groups in total. The highest BCUT2D eigenvalue weighted by atomic mass is 32.2. The molecular weight excluding hydrogens is 520 g/mol. The van der Waals surface area contributed by atoms with E-state index in [-0.39, 0.29) is 10.8 Å². The van der Waals surface area contributed by atoms with Gasteiger partial charge in [0.2, 0.25) is 0 Å². The first-order valence-electron chi connectivity index (χ1n) is 12.7. The second-order valence-corrected chi connectivity index (χ2v) is 12.2. The Kier molecular flexibility index (Phi) is 6.45. The molecule has 8 nitrogen and oxygen atoms in total. The molecule has 1 fully saturated rings. The van der Waals surface area contributed by atoms with Gasteiger partial charge in [0.05, 0.1) is 27.4 Å². The predicted octanol–water partition coefficient (Wildman–Crippen LogP) is 4.41. The van der Waals surface area contributed by atoms with Crippen LogP contribution in [0.5, 0.6) is 5.75 Å². The Hall–Kier alpha value is -3.63. The molecule has 3 heterocycles. The number of aromatic nitrogens is 1. The first kappa shape index (κ1) is 24.7. The highest BCUT2D eigenvalue weighted by Crippen LogP contribution is 2.34. The summed E-state index contributed by atoms with van der Waals surface area (Å²) in [6.07, 6.45) is 0.698. The molecule has 4 aromatic rings. The summed E-state index contributed by atoms with van der Waals surface area (Å²) in [5, 5.41) is 0.943. The molecule has 1 aromatic heterocycles. The lowest BCUT2D eigenvalue weighted by atomic mass is 10.2. The van der Waals surface area contributed by atoms with Crippen LogP contribution in [-0.4, -0.2) is 63.5 Å². The highest BCUT2D eigenvalue weighted by molar-refractivity contribution is 7.92. The molecule has 6 rings (SSSR count). The molecule has 2 aliphatic rings. The lowest BCUT2D eigenvalue weighted by Gasteiger charge is -2.34. The van der Waals surface area contributed by atoms with Crippen molar-refractivity contribution in [3.05, 3.63) is 77.9 Å². The summed E-state index contributed by atoms with van der Waals surface area (Å²) in [6.45, 7) is 5.53. The zero-order valence-corrected chi connectivity index (χ0v) is 22.7. The van der Waals surface area contributed by atoms with Crippen molar-refractivity contribution in [3.63, 3.8) is 0 Å². The Morgan fingerprint density at radius 2 is 1.74 bits per heavy atom. The maximum absolute atomic E-state index is 13.3. The molecule has 0 bridgehead atoms. The standard InChI is InChI=1S/C28H28N4O4S2/c1-2-36-22-9-12-24-26(19-22)37-28(29-24)31-17-15-30(16-18-31)27(33)21-7-10-23(11-8-21)38(34,35)32-14-13-20-5-3-4-6-25(20)32/h3-12,19H,2,13-18H2,1H3. The average molecular weight is 549 g/mol. The smallest absolute Gasteiger partial charge is 0.264 e. The molecule has 10 heteroatoms. The number of amides is 1. The number of para-hydroxylation sites is 1. The first-order chi connectivity index (χ1) is 18.4. The molecule has 1 saturated heterocycles. The second kappa shape index (κ2) is 9.92. The molecule has 0 atom stereocenters. The topological polar surface area (TPSA) is 83.0 Å². The van der Waals surface area contributed by atoms with Gasteiger partial charge in [-0.3, -0.25) is 9.10 Å². The molecule has 0 saturated carbocycles. The Balaban J connectivity index is 1.11. The van der Waals surface area contributed by atoms with Gasteiger partial charge in [-0.15, -0.1) is 0 Å². The number of piperazine rings is 1. The van der Waals surface area contributed by atoms with Crippen LogP contribution in [0.15, 0.2) is 71.6 Å². The molecule has 38 heavy (non-hydrogen) atoms. The van der Waals surface area contributed by atoms with E-state index in [2.05, 4.69) is 4.90 Å². The van der Waals surface area contributed by atoms with Gasteiger partial charge in [-0.2, -0.15) is 0 Å². The number of carbonyl (C=O) groups is 1. The van der Waals surface area contributed by atoms with Crippen molar-refractivity contribution in [3.8, 4) is 5.75 Å². The van der Waals surface area contributed by atoms with Gasteiger partial charge in [0.15, 0.2) is 5.13 Å².